The lowest BCUT2D eigenvalue weighted by atomic mass is 10.1. The van der Waals surface area contributed by atoms with Crippen molar-refractivity contribution < 1.29 is 21.6 Å². The van der Waals surface area contributed by atoms with Crippen molar-refractivity contribution in [1.29, 1.82) is 0 Å². The maximum Gasteiger partial charge on any atom is 0.182 e. The lowest BCUT2D eigenvalue weighted by Gasteiger charge is -2.37. The fourth-order valence-electron chi connectivity index (χ4n) is 3.38. The van der Waals surface area contributed by atoms with Gasteiger partial charge in [-0.1, -0.05) is 64.7 Å². The molecule has 0 amide bonds. The normalized spacial score (nSPS) is 17.2. The van der Waals surface area contributed by atoms with Gasteiger partial charge in [-0.05, 0) is 25.7 Å². The quantitative estimate of drug-likeness (QED) is 0.372. The van der Waals surface area contributed by atoms with Crippen LogP contribution < -0.4 is 12.4 Å². The summed E-state index contributed by atoms with van der Waals surface area (Å²) in [7, 11) is 2.36. The Hall–Kier alpha value is 0.210. The van der Waals surface area contributed by atoms with Gasteiger partial charge in [0.1, 0.15) is 0 Å². The topological polar surface area (TPSA) is 9.23 Å². The van der Waals surface area contributed by atoms with Crippen molar-refractivity contribution in [3.63, 3.8) is 0 Å². The molecule has 0 aromatic rings. The highest BCUT2D eigenvalue weighted by Crippen LogP contribution is 2.16. The van der Waals surface area contributed by atoms with E-state index in [0.29, 0.717) is 0 Å². The molecular weight excluding hydrogens is 294 g/mol. The molecule has 134 valence electrons. The number of piperidine rings is 1. The first kappa shape index (κ1) is 22.2. The van der Waals surface area contributed by atoms with E-state index in [4.69, 9.17) is 4.74 Å². The first-order valence-electron chi connectivity index (χ1n) is 9.68. The Morgan fingerprint density at radius 3 is 1.77 bits per heavy atom. The van der Waals surface area contributed by atoms with Gasteiger partial charge in [-0.2, -0.15) is 0 Å². The lowest BCUT2D eigenvalue weighted by molar-refractivity contribution is -0.932. The van der Waals surface area contributed by atoms with Crippen molar-refractivity contribution in [1.82, 2.24) is 0 Å². The molecule has 0 atom stereocenters. The Morgan fingerprint density at radius 1 is 0.727 bits per heavy atom. The summed E-state index contributed by atoms with van der Waals surface area (Å²) in [6, 6.07) is 0. The van der Waals surface area contributed by atoms with Crippen molar-refractivity contribution in [3.05, 3.63) is 0 Å². The van der Waals surface area contributed by atoms with Gasteiger partial charge in [0.2, 0.25) is 0 Å². The largest absolute Gasteiger partial charge is 1.00 e. The summed E-state index contributed by atoms with van der Waals surface area (Å²) in [5.74, 6) is 0. The Kier molecular flexibility index (Phi) is 14.9. The molecule has 22 heavy (non-hydrogen) atoms. The molecule has 0 bridgehead atoms. The molecular formula is C19H40ClNO. The van der Waals surface area contributed by atoms with Crippen molar-refractivity contribution in [3.8, 4) is 0 Å². The molecule has 0 saturated carbocycles. The number of hydrogen-bond donors (Lipinski definition) is 0. The first-order chi connectivity index (χ1) is 10.3. The average Bonchev–Trinajstić information content (AvgIpc) is 2.49. The number of rotatable bonds is 13. The lowest BCUT2D eigenvalue weighted by Crippen LogP contribution is -3.00. The van der Waals surface area contributed by atoms with Gasteiger partial charge in [0.25, 0.3) is 0 Å². The number of hydrogen-bond acceptors (Lipinski definition) is 1. The van der Waals surface area contributed by atoms with Gasteiger partial charge in [0, 0.05) is 0 Å². The smallest absolute Gasteiger partial charge is 0.182 e. The fourth-order valence-corrected chi connectivity index (χ4v) is 3.38. The zero-order valence-electron chi connectivity index (χ0n) is 15.3. The third-order valence-corrected chi connectivity index (χ3v) is 4.94. The number of unbranched alkanes of at least 4 members (excludes halogenated alkanes) is 9. The van der Waals surface area contributed by atoms with Crippen LogP contribution in [0.15, 0.2) is 0 Å². The molecule has 1 aliphatic rings. The van der Waals surface area contributed by atoms with Crippen LogP contribution in [0.25, 0.3) is 0 Å². The molecule has 0 radical (unpaired) electrons. The van der Waals surface area contributed by atoms with Gasteiger partial charge in [0.05, 0.1) is 26.7 Å². The third-order valence-electron chi connectivity index (χ3n) is 4.94. The van der Waals surface area contributed by atoms with Crippen molar-refractivity contribution in [2.45, 2.75) is 90.4 Å². The van der Waals surface area contributed by atoms with Crippen LogP contribution in [-0.2, 0) is 4.74 Å². The van der Waals surface area contributed by atoms with Crippen LogP contribution in [0.5, 0.6) is 0 Å². The second-order valence-electron chi connectivity index (χ2n) is 7.35. The summed E-state index contributed by atoms with van der Waals surface area (Å²) in [6.45, 7) is 6.84. The third kappa shape index (κ3) is 11.7. The van der Waals surface area contributed by atoms with Crippen LogP contribution >= 0.6 is 0 Å². The molecule has 3 heteroatoms. The minimum atomic E-state index is 0. The molecule has 0 aliphatic carbocycles. The predicted molar refractivity (Wildman–Crippen MR) is 92.4 cm³/mol. The molecule has 0 aromatic carbocycles. The number of nitrogens with zero attached hydrogens (tertiary/aromatic N) is 1. The molecule has 1 fully saturated rings. The van der Waals surface area contributed by atoms with E-state index >= 15 is 0 Å². The standard InChI is InChI=1S/C19H40NO.ClH/c1-3-4-5-6-7-8-9-10-11-15-18-21-19-20(2)16-13-12-14-17-20;/h3-19H2,1-2H3;1H/q+1;/p-1. The molecule has 0 unspecified atom stereocenters. The SMILES string of the molecule is CCCCCCCCCCCCOC[N+]1(C)CCCCC1.[Cl-]. The summed E-state index contributed by atoms with van der Waals surface area (Å²) >= 11 is 0. The van der Waals surface area contributed by atoms with Crippen molar-refractivity contribution in [2.75, 3.05) is 33.5 Å². The van der Waals surface area contributed by atoms with Crippen LogP contribution in [-0.4, -0.2) is 38.0 Å². The van der Waals surface area contributed by atoms with Crippen LogP contribution in [0.3, 0.4) is 0 Å². The Bertz CT molecular complexity index is 229. The molecule has 1 rings (SSSR count). The monoisotopic (exact) mass is 333 g/mol. The van der Waals surface area contributed by atoms with E-state index in [1.165, 1.54) is 96.6 Å². The van der Waals surface area contributed by atoms with Crippen LogP contribution in [0.4, 0.5) is 0 Å². The second kappa shape index (κ2) is 14.8. The molecule has 0 spiro atoms. The molecule has 2 nitrogen and oxygen atoms in total. The fraction of sp³-hybridized carbons (Fsp3) is 1.00. The number of likely N-dealkylation sites (tertiary alicyclic amines) is 1. The maximum absolute atomic E-state index is 5.92. The van der Waals surface area contributed by atoms with E-state index < -0.39 is 0 Å². The molecule has 1 saturated heterocycles. The van der Waals surface area contributed by atoms with E-state index in [-0.39, 0.29) is 12.4 Å². The van der Waals surface area contributed by atoms with E-state index in [9.17, 15) is 0 Å². The van der Waals surface area contributed by atoms with Gasteiger partial charge in [-0.3, -0.25) is 0 Å². The zero-order chi connectivity index (χ0) is 15.2. The van der Waals surface area contributed by atoms with Gasteiger partial charge < -0.3 is 21.6 Å². The van der Waals surface area contributed by atoms with Crippen molar-refractivity contribution in [2.24, 2.45) is 0 Å². The number of ether oxygens (including phenoxy) is 1. The maximum atomic E-state index is 5.92. The van der Waals surface area contributed by atoms with Crippen LogP contribution in [0, 0.1) is 0 Å². The van der Waals surface area contributed by atoms with Crippen molar-refractivity contribution >= 4 is 0 Å². The Balaban J connectivity index is 0.00000441. The average molecular weight is 334 g/mol. The number of quaternary nitrogens is 1. The summed E-state index contributed by atoms with van der Waals surface area (Å²) < 4.78 is 7.07. The van der Waals surface area contributed by atoms with Crippen LogP contribution in [0.1, 0.15) is 90.4 Å². The highest BCUT2D eigenvalue weighted by Gasteiger charge is 2.24. The molecule has 0 aromatic heterocycles. The van der Waals surface area contributed by atoms with E-state index in [1.807, 2.05) is 0 Å². The van der Waals surface area contributed by atoms with Crippen LogP contribution in [0.2, 0.25) is 0 Å². The molecule has 0 N–H and O–H groups in total. The Labute approximate surface area is 146 Å². The summed E-state index contributed by atoms with van der Waals surface area (Å²) in [5.41, 5.74) is 0. The number of halogens is 1. The Morgan fingerprint density at radius 2 is 1.23 bits per heavy atom. The van der Waals surface area contributed by atoms with E-state index in [1.54, 1.807) is 0 Å². The molecule has 1 aliphatic heterocycles. The molecule has 1 heterocycles. The van der Waals surface area contributed by atoms with Gasteiger partial charge in [-0.15, -0.1) is 0 Å². The minimum absolute atomic E-state index is 0. The predicted octanol–water partition coefficient (Wildman–Crippen LogP) is 2.52. The first-order valence-corrected chi connectivity index (χ1v) is 9.68. The second-order valence-corrected chi connectivity index (χ2v) is 7.35. The van der Waals surface area contributed by atoms with E-state index in [2.05, 4.69) is 14.0 Å². The van der Waals surface area contributed by atoms with Gasteiger partial charge in [-0.25, -0.2) is 0 Å². The summed E-state index contributed by atoms with van der Waals surface area (Å²) in [6.07, 6.45) is 18.2. The summed E-state index contributed by atoms with van der Waals surface area (Å²) in [5, 5.41) is 0. The van der Waals surface area contributed by atoms with E-state index in [0.717, 1.165) is 17.8 Å². The van der Waals surface area contributed by atoms with Gasteiger partial charge >= 0.3 is 0 Å². The summed E-state index contributed by atoms with van der Waals surface area (Å²) in [4.78, 5) is 0. The highest BCUT2D eigenvalue weighted by molar-refractivity contribution is 4.50. The van der Waals surface area contributed by atoms with Gasteiger partial charge in [0.15, 0.2) is 6.73 Å². The zero-order valence-corrected chi connectivity index (χ0v) is 16.0. The highest BCUT2D eigenvalue weighted by atomic mass is 35.5. The minimum Gasteiger partial charge on any atom is -1.00 e.